The van der Waals surface area contributed by atoms with E-state index >= 15 is 4.39 Å². The van der Waals surface area contributed by atoms with Crippen LogP contribution < -0.4 is 0 Å². The van der Waals surface area contributed by atoms with Gasteiger partial charge in [-0.05, 0) is 67.5 Å². The van der Waals surface area contributed by atoms with Crippen LogP contribution in [0.4, 0.5) is 8.78 Å². The molecule has 0 amide bonds. The summed E-state index contributed by atoms with van der Waals surface area (Å²) in [7, 11) is 0. The van der Waals surface area contributed by atoms with Crippen LogP contribution in [0.2, 0.25) is 0 Å². The van der Waals surface area contributed by atoms with Crippen molar-refractivity contribution in [2.24, 2.45) is 0 Å². The molecular formula is C26H22F2N4O. The van der Waals surface area contributed by atoms with Crippen LogP contribution in [0.5, 0.6) is 0 Å². The van der Waals surface area contributed by atoms with Gasteiger partial charge in [0.15, 0.2) is 0 Å². The average Bonchev–Trinajstić information content (AvgIpc) is 3.54. The lowest BCUT2D eigenvalue weighted by Crippen LogP contribution is -2.27. The Morgan fingerprint density at radius 3 is 2.45 bits per heavy atom. The maximum atomic E-state index is 16.1. The monoisotopic (exact) mass is 444 g/mol. The Kier molecular flexibility index (Phi) is 4.98. The first kappa shape index (κ1) is 21.2. The maximum Gasteiger partial charge on any atom is 0.141 e. The summed E-state index contributed by atoms with van der Waals surface area (Å²) in [5, 5.41) is 27.8. The summed E-state index contributed by atoms with van der Waals surface area (Å²) in [6.07, 6.45) is 1.76. The lowest BCUT2D eigenvalue weighted by Gasteiger charge is -2.19. The summed E-state index contributed by atoms with van der Waals surface area (Å²) in [6, 6.07) is 15.1. The quantitative estimate of drug-likeness (QED) is 0.437. The molecule has 1 N–H and O–H groups in total. The molecule has 0 atom stereocenters. The number of nitrogens with zero attached hydrogens (tertiary/aromatic N) is 4. The summed E-state index contributed by atoms with van der Waals surface area (Å²) < 4.78 is 32.0. The van der Waals surface area contributed by atoms with Gasteiger partial charge in [0.1, 0.15) is 23.2 Å². The predicted molar refractivity (Wildman–Crippen MR) is 121 cm³/mol. The van der Waals surface area contributed by atoms with E-state index in [1.807, 2.05) is 24.3 Å². The zero-order chi connectivity index (χ0) is 23.3. The smallest absolute Gasteiger partial charge is 0.141 e. The molecule has 5 rings (SSSR count). The summed E-state index contributed by atoms with van der Waals surface area (Å²) in [5.74, 6) is -0.883. The van der Waals surface area contributed by atoms with E-state index in [0.717, 1.165) is 12.8 Å². The van der Waals surface area contributed by atoms with Crippen molar-refractivity contribution in [3.05, 3.63) is 71.3 Å². The van der Waals surface area contributed by atoms with Crippen LogP contribution in [0.25, 0.3) is 33.3 Å². The highest BCUT2D eigenvalue weighted by Gasteiger charge is 2.33. The molecule has 0 unspecified atom stereocenters. The SMILES string of the molecule is CC(C)(O)Cn1nnc2cc(-c3ccccc3-c3ccc(C#N)c(F)c3)c(F)c(C3CC3)c21. The molecule has 0 aliphatic heterocycles. The summed E-state index contributed by atoms with van der Waals surface area (Å²) >= 11 is 0. The fraction of sp³-hybridized carbons (Fsp3) is 0.269. The zero-order valence-corrected chi connectivity index (χ0v) is 18.3. The van der Waals surface area contributed by atoms with Gasteiger partial charge >= 0.3 is 0 Å². The molecule has 1 saturated carbocycles. The van der Waals surface area contributed by atoms with E-state index in [1.165, 1.54) is 12.1 Å². The van der Waals surface area contributed by atoms with Crippen LogP contribution in [-0.2, 0) is 6.54 Å². The van der Waals surface area contributed by atoms with Gasteiger partial charge in [0.25, 0.3) is 0 Å². The van der Waals surface area contributed by atoms with Crippen molar-refractivity contribution in [3.63, 3.8) is 0 Å². The van der Waals surface area contributed by atoms with Gasteiger partial charge < -0.3 is 5.11 Å². The highest BCUT2D eigenvalue weighted by atomic mass is 19.1. The van der Waals surface area contributed by atoms with Crippen LogP contribution in [-0.4, -0.2) is 25.7 Å². The molecule has 0 bridgehead atoms. The second-order valence-electron chi connectivity index (χ2n) is 9.21. The van der Waals surface area contributed by atoms with E-state index in [4.69, 9.17) is 5.26 Å². The van der Waals surface area contributed by atoms with Crippen LogP contribution in [0.15, 0.2) is 48.5 Å². The molecule has 0 spiro atoms. The largest absolute Gasteiger partial charge is 0.389 e. The number of halogens is 2. The van der Waals surface area contributed by atoms with Crippen LogP contribution in [0, 0.1) is 23.0 Å². The highest BCUT2D eigenvalue weighted by molar-refractivity contribution is 5.91. The molecule has 33 heavy (non-hydrogen) atoms. The van der Waals surface area contributed by atoms with Crippen molar-refractivity contribution in [3.8, 4) is 28.3 Å². The van der Waals surface area contributed by atoms with Gasteiger partial charge in [-0.25, -0.2) is 13.5 Å². The van der Waals surface area contributed by atoms with Crippen molar-refractivity contribution in [2.45, 2.75) is 44.8 Å². The molecule has 7 heteroatoms. The third kappa shape index (κ3) is 3.87. The number of aliphatic hydroxyl groups is 1. The first-order valence-electron chi connectivity index (χ1n) is 10.8. The van der Waals surface area contributed by atoms with Crippen molar-refractivity contribution in [1.82, 2.24) is 15.0 Å². The van der Waals surface area contributed by atoms with Gasteiger partial charge in [0, 0.05) is 11.1 Å². The Hall–Kier alpha value is -3.63. The van der Waals surface area contributed by atoms with E-state index in [9.17, 15) is 9.50 Å². The Balaban J connectivity index is 1.72. The standard InChI is InChI=1S/C26H22F2N4O/c1-26(2,33)14-32-25-22(30-31-32)12-20(24(28)23(25)15-7-8-15)19-6-4-3-5-18(19)16-9-10-17(13-29)21(27)11-16/h3-6,9-12,15,33H,7-8,14H2,1-2H3. The molecule has 166 valence electrons. The Labute approximate surface area is 189 Å². The van der Waals surface area contributed by atoms with Gasteiger partial charge in [-0.15, -0.1) is 5.10 Å². The van der Waals surface area contributed by atoms with Crippen LogP contribution in [0.3, 0.4) is 0 Å². The maximum absolute atomic E-state index is 16.1. The van der Waals surface area contributed by atoms with E-state index in [1.54, 1.807) is 36.7 Å². The third-order valence-electron chi connectivity index (χ3n) is 5.91. The molecule has 1 aliphatic carbocycles. The second kappa shape index (κ2) is 7.75. The van der Waals surface area contributed by atoms with Gasteiger partial charge in [-0.2, -0.15) is 5.26 Å². The van der Waals surface area contributed by atoms with Crippen molar-refractivity contribution in [1.29, 1.82) is 5.26 Å². The fourth-order valence-electron chi connectivity index (χ4n) is 4.31. The lowest BCUT2D eigenvalue weighted by atomic mass is 9.91. The van der Waals surface area contributed by atoms with E-state index in [0.29, 0.717) is 38.9 Å². The number of rotatable bonds is 5. The summed E-state index contributed by atoms with van der Waals surface area (Å²) in [6.45, 7) is 3.55. The van der Waals surface area contributed by atoms with Crippen molar-refractivity contribution in [2.75, 3.05) is 0 Å². The highest BCUT2D eigenvalue weighted by Crippen LogP contribution is 2.47. The van der Waals surface area contributed by atoms with Crippen LogP contribution in [0.1, 0.15) is 43.7 Å². The number of hydrogen-bond acceptors (Lipinski definition) is 4. The zero-order valence-electron chi connectivity index (χ0n) is 18.3. The molecule has 1 aliphatic rings. The average molecular weight is 444 g/mol. The minimum Gasteiger partial charge on any atom is -0.389 e. The predicted octanol–water partition coefficient (Wildman–Crippen LogP) is 5.56. The topological polar surface area (TPSA) is 74.7 Å². The fourth-order valence-corrected chi connectivity index (χ4v) is 4.31. The van der Waals surface area contributed by atoms with Gasteiger partial charge in [0.05, 0.1) is 23.2 Å². The van der Waals surface area contributed by atoms with Gasteiger partial charge in [-0.3, -0.25) is 0 Å². The molecule has 1 aromatic heterocycles. The normalized spacial score (nSPS) is 13.9. The van der Waals surface area contributed by atoms with Gasteiger partial charge in [-0.1, -0.05) is 35.5 Å². The lowest BCUT2D eigenvalue weighted by molar-refractivity contribution is 0.0584. The van der Waals surface area contributed by atoms with E-state index in [-0.39, 0.29) is 23.8 Å². The van der Waals surface area contributed by atoms with Crippen molar-refractivity contribution < 1.29 is 13.9 Å². The van der Waals surface area contributed by atoms with Gasteiger partial charge in [0.2, 0.25) is 0 Å². The Morgan fingerprint density at radius 1 is 1.09 bits per heavy atom. The minimum absolute atomic E-state index is 0.0386. The molecule has 0 saturated heterocycles. The van der Waals surface area contributed by atoms with Crippen molar-refractivity contribution >= 4 is 11.0 Å². The number of nitriles is 1. The number of hydrogen-bond donors (Lipinski definition) is 1. The number of aromatic nitrogens is 3. The summed E-state index contributed by atoms with van der Waals surface area (Å²) in [5.41, 5.74) is 2.87. The minimum atomic E-state index is -1.02. The first-order valence-corrected chi connectivity index (χ1v) is 10.8. The van der Waals surface area contributed by atoms with E-state index in [2.05, 4.69) is 10.3 Å². The molecule has 1 fully saturated rings. The molecule has 4 aromatic rings. The molecule has 1 heterocycles. The summed E-state index contributed by atoms with van der Waals surface area (Å²) in [4.78, 5) is 0. The third-order valence-corrected chi connectivity index (χ3v) is 5.91. The number of fused-ring (bicyclic) bond motifs is 1. The molecule has 5 nitrogen and oxygen atoms in total. The Bertz CT molecular complexity index is 1420. The second-order valence-corrected chi connectivity index (χ2v) is 9.21. The van der Waals surface area contributed by atoms with E-state index < -0.39 is 11.4 Å². The number of benzene rings is 3. The molecule has 0 radical (unpaired) electrons. The molecular weight excluding hydrogens is 422 g/mol. The Morgan fingerprint density at radius 2 is 1.82 bits per heavy atom. The first-order chi connectivity index (χ1) is 15.8. The van der Waals surface area contributed by atoms with Crippen LogP contribution >= 0.6 is 0 Å². The molecule has 3 aromatic carbocycles.